The van der Waals surface area contributed by atoms with Crippen LogP contribution in [0.15, 0.2) is 12.3 Å². The Kier molecular flexibility index (Phi) is 3.87. The highest BCUT2D eigenvalue weighted by Gasteiger charge is 2.34. The summed E-state index contributed by atoms with van der Waals surface area (Å²) in [6.07, 6.45) is 8.38. The molecule has 1 N–H and O–H groups in total. The van der Waals surface area contributed by atoms with E-state index in [9.17, 15) is 0 Å². The van der Waals surface area contributed by atoms with Crippen molar-refractivity contribution in [3.63, 3.8) is 0 Å². The van der Waals surface area contributed by atoms with Crippen LogP contribution >= 0.6 is 0 Å². The van der Waals surface area contributed by atoms with Crippen molar-refractivity contribution in [1.82, 2.24) is 15.1 Å². The zero-order valence-corrected chi connectivity index (χ0v) is 11.4. The fraction of sp³-hybridized carbons (Fsp3) is 0.786. The molecule has 1 aromatic rings. The molecule has 3 nitrogen and oxygen atoms in total. The first-order valence-electron chi connectivity index (χ1n) is 6.83. The molecular weight excluding hydrogens is 210 g/mol. The monoisotopic (exact) mass is 235 g/mol. The molecule has 0 aromatic carbocycles. The Morgan fingerprint density at radius 2 is 2.41 bits per heavy atom. The topological polar surface area (TPSA) is 29.9 Å². The SMILES string of the molecule is CCNC1CCC(C)(CCc2ccnn2C)C1. The average Bonchev–Trinajstić information content (AvgIpc) is 2.85. The third-order valence-corrected chi connectivity index (χ3v) is 4.24. The van der Waals surface area contributed by atoms with Gasteiger partial charge in [-0.15, -0.1) is 0 Å². The highest BCUT2D eigenvalue weighted by atomic mass is 15.2. The van der Waals surface area contributed by atoms with Crippen LogP contribution in [0, 0.1) is 5.41 Å². The minimum atomic E-state index is 0.525. The van der Waals surface area contributed by atoms with Crippen LogP contribution in [0.4, 0.5) is 0 Å². The van der Waals surface area contributed by atoms with Gasteiger partial charge in [-0.3, -0.25) is 4.68 Å². The molecule has 2 unspecified atom stereocenters. The Morgan fingerprint density at radius 1 is 1.59 bits per heavy atom. The van der Waals surface area contributed by atoms with E-state index in [2.05, 4.69) is 30.3 Å². The molecule has 17 heavy (non-hydrogen) atoms. The highest BCUT2D eigenvalue weighted by Crippen LogP contribution is 2.41. The van der Waals surface area contributed by atoms with Crippen LogP contribution in [0.5, 0.6) is 0 Å². The van der Waals surface area contributed by atoms with E-state index in [0.29, 0.717) is 5.41 Å². The minimum absolute atomic E-state index is 0.525. The van der Waals surface area contributed by atoms with Crippen LogP contribution in [0.25, 0.3) is 0 Å². The van der Waals surface area contributed by atoms with Gasteiger partial charge in [0.25, 0.3) is 0 Å². The zero-order valence-electron chi connectivity index (χ0n) is 11.4. The van der Waals surface area contributed by atoms with Crippen molar-refractivity contribution in [3.8, 4) is 0 Å². The molecule has 1 aliphatic rings. The molecule has 1 saturated carbocycles. The van der Waals surface area contributed by atoms with E-state index < -0.39 is 0 Å². The molecule has 3 heteroatoms. The minimum Gasteiger partial charge on any atom is -0.314 e. The Labute approximate surface area is 105 Å². The maximum atomic E-state index is 4.23. The molecule has 0 saturated heterocycles. The van der Waals surface area contributed by atoms with Crippen LogP contribution in [-0.4, -0.2) is 22.4 Å². The van der Waals surface area contributed by atoms with Crippen LogP contribution in [0.3, 0.4) is 0 Å². The Balaban J connectivity index is 1.85. The lowest BCUT2D eigenvalue weighted by atomic mass is 9.83. The second kappa shape index (κ2) is 5.21. The van der Waals surface area contributed by atoms with Crippen LogP contribution in [-0.2, 0) is 13.5 Å². The van der Waals surface area contributed by atoms with Crippen LogP contribution < -0.4 is 5.32 Å². The van der Waals surface area contributed by atoms with Gasteiger partial charge in [-0.2, -0.15) is 5.10 Å². The number of hydrogen-bond acceptors (Lipinski definition) is 2. The van der Waals surface area contributed by atoms with E-state index in [1.54, 1.807) is 0 Å². The third-order valence-electron chi connectivity index (χ3n) is 4.24. The van der Waals surface area contributed by atoms with Gasteiger partial charge in [0, 0.05) is 25.0 Å². The first-order chi connectivity index (χ1) is 8.13. The predicted octanol–water partition coefficient (Wildman–Crippen LogP) is 2.52. The third kappa shape index (κ3) is 3.09. The summed E-state index contributed by atoms with van der Waals surface area (Å²) in [6.45, 7) is 5.74. The number of aromatic nitrogens is 2. The van der Waals surface area contributed by atoms with Gasteiger partial charge in [-0.1, -0.05) is 13.8 Å². The highest BCUT2D eigenvalue weighted by molar-refractivity contribution is 5.02. The summed E-state index contributed by atoms with van der Waals surface area (Å²) in [5.74, 6) is 0. The quantitative estimate of drug-likeness (QED) is 0.850. The molecule has 0 bridgehead atoms. The molecule has 0 aliphatic heterocycles. The standard InChI is InChI=1S/C14H25N3/c1-4-15-12-5-8-14(2,11-12)9-6-13-7-10-16-17(13)3/h7,10,12,15H,4-6,8-9,11H2,1-3H3. The van der Waals surface area contributed by atoms with E-state index in [0.717, 1.165) is 19.0 Å². The fourth-order valence-corrected chi connectivity index (χ4v) is 3.09. The molecule has 2 rings (SSSR count). The molecule has 0 radical (unpaired) electrons. The van der Waals surface area contributed by atoms with Gasteiger partial charge >= 0.3 is 0 Å². The Bertz CT molecular complexity index is 358. The maximum absolute atomic E-state index is 4.23. The number of nitrogens with zero attached hydrogens (tertiary/aromatic N) is 2. The van der Waals surface area contributed by atoms with Crippen molar-refractivity contribution in [2.75, 3.05) is 6.54 Å². The summed E-state index contributed by atoms with van der Waals surface area (Å²) in [6, 6.07) is 2.89. The summed E-state index contributed by atoms with van der Waals surface area (Å²) in [7, 11) is 2.04. The zero-order chi connectivity index (χ0) is 12.3. The molecule has 96 valence electrons. The smallest absolute Gasteiger partial charge is 0.0492 e. The van der Waals surface area contributed by atoms with Crippen LogP contribution in [0.1, 0.15) is 45.2 Å². The normalized spacial score (nSPS) is 28.8. The summed E-state index contributed by atoms with van der Waals surface area (Å²) < 4.78 is 2.00. The van der Waals surface area contributed by atoms with Crippen molar-refractivity contribution in [2.24, 2.45) is 12.5 Å². The van der Waals surface area contributed by atoms with Crippen molar-refractivity contribution < 1.29 is 0 Å². The van der Waals surface area contributed by atoms with Gasteiger partial charge in [0.15, 0.2) is 0 Å². The summed E-state index contributed by atoms with van der Waals surface area (Å²) in [4.78, 5) is 0. The molecule has 1 fully saturated rings. The summed E-state index contributed by atoms with van der Waals surface area (Å²) in [5, 5.41) is 7.82. The van der Waals surface area contributed by atoms with Gasteiger partial charge in [0.1, 0.15) is 0 Å². The van der Waals surface area contributed by atoms with Gasteiger partial charge in [0.05, 0.1) is 0 Å². The first kappa shape index (κ1) is 12.6. The summed E-state index contributed by atoms with van der Waals surface area (Å²) in [5.41, 5.74) is 1.88. The molecular formula is C14H25N3. The summed E-state index contributed by atoms with van der Waals surface area (Å²) >= 11 is 0. The molecule has 2 atom stereocenters. The van der Waals surface area contributed by atoms with Crippen molar-refractivity contribution >= 4 is 0 Å². The van der Waals surface area contributed by atoms with Gasteiger partial charge in [0.2, 0.25) is 0 Å². The van der Waals surface area contributed by atoms with Gasteiger partial charge in [-0.25, -0.2) is 0 Å². The Morgan fingerprint density at radius 3 is 3.06 bits per heavy atom. The lowest BCUT2D eigenvalue weighted by molar-refractivity contribution is 0.296. The van der Waals surface area contributed by atoms with Crippen molar-refractivity contribution in [1.29, 1.82) is 0 Å². The van der Waals surface area contributed by atoms with Gasteiger partial charge < -0.3 is 5.32 Å². The lowest BCUT2D eigenvalue weighted by Gasteiger charge is -2.24. The lowest BCUT2D eigenvalue weighted by Crippen LogP contribution is -2.27. The first-order valence-corrected chi connectivity index (χ1v) is 6.83. The second-order valence-electron chi connectivity index (χ2n) is 5.75. The molecule has 0 spiro atoms. The Hall–Kier alpha value is -0.830. The van der Waals surface area contributed by atoms with E-state index in [-0.39, 0.29) is 0 Å². The number of rotatable bonds is 5. The predicted molar refractivity (Wildman–Crippen MR) is 71.0 cm³/mol. The van der Waals surface area contributed by atoms with Crippen molar-refractivity contribution in [2.45, 2.75) is 52.0 Å². The van der Waals surface area contributed by atoms with Gasteiger partial charge in [-0.05, 0) is 50.1 Å². The average molecular weight is 235 g/mol. The molecule has 1 aromatic heterocycles. The van der Waals surface area contributed by atoms with E-state index in [1.807, 2.05) is 17.9 Å². The largest absolute Gasteiger partial charge is 0.314 e. The second-order valence-corrected chi connectivity index (χ2v) is 5.75. The van der Waals surface area contributed by atoms with Crippen molar-refractivity contribution in [3.05, 3.63) is 18.0 Å². The maximum Gasteiger partial charge on any atom is 0.0492 e. The molecule has 1 heterocycles. The number of nitrogens with one attached hydrogen (secondary N) is 1. The number of aryl methyl sites for hydroxylation is 2. The number of hydrogen-bond donors (Lipinski definition) is 1. The fourth-order valence-electron chi connectivity index (χ4n) is 3.09. The van der Waals surface area contributed by atoms with E-state index in [4.69, 9.17) is 0 Å². The molecule has 0 amide bonds. The van der Waals surface area contributed by atoms with E-state index >= 15 is 0 Å². The van der Waals surface area contributed by atoms with E-state index in [1.165, 1.54) is 31.4 Å². The van der Waals surface area contributed by atoms with Crippen LogP contribution in [0.2, 0.25) is 0 Å². The molecule has 1 aliphatic carbocycles.